The highest BCUT2D eigenvalue weighted by Crippen LogP contribution is 2.37. The van der Waals surface area contributed by atoms with Crippen molar-refractivity contribution >= 4 is 92.3 Å². The number of Topliss-reactive ketones (excluding diaryl/α,β-unsaturated/α-hetero) is 4. The fourth-order valence-corrected chi connectivity index (χ4v) is 17.1. The van der Waals surface area contributed by atoms with Gasteiger partial charge in [-0.25, -0.2) is 4.39 Å². The van der Waals surface area contributed by atoms with Crippen LogP contribution in [0, 0.1) is 41.3 Å². The van der Waals surface area contributed by atoms with Crippen LogP contribution in [0.25, 0.3) is 44.5 Å². The van der Waals surface area contributed by atoms with Crippen LogP contribution in [-0.4, -0.2) is 138 Å². The molecule has 0 spiro atoms. The fourth-order valence-electron chi connectivity index (χ4n) is 16.3. The minimum Gasteiger partial charge on any atom is -0.385 e. The van der Waals surface area contributed by atoms with Crippen LogP contribution in [0.1, 0.15) is 117 Å². The third-order valence-electron chi connectivity index (χ3n) is 23.2. The second-order valence-corrected chi connectivity index (χ2v) is 34.0. The van der Waals surface area contributed by atoms with Crippen LogP contribution in [0.4, 0.5) is 27.1 Å². The average Bonchev–Trinajstić information content (AvgIpc) is 1.79. The van der Waals surface area contributed by atoms with Crippen molar-refractivity contribution in [1.82, 2.24) is 45.9 Å². The maximum atomic E-state index is 13.3. The smallest absolute Gasteiger partial charge is 0.143 e. The number of pyridine rings is 6. The molecule has 0 bridgehead atoms. The lowest BCUT2D eigenvalue weighted by Gasteiger charge is -2.23. The van der Waals surface area contributed by atoms with E-state index in [1.54, 1.807) is 37.2 Å². The molecule has 6 aromatic heterocycles. The monoisotopic (exact) mass is 1710 g/mol. The average molecular weight is 1720 g/mol. The zero-order chi connectivity index (χ0) is 84.1. The number of nitrogens with two attached hydrogens (primary N) is 1. The largest absolute Gasteiger partial charge is 0.385 e. The van der Waals surface area contributed by atoms with Crippen LogP contribution in [0.3, 0.4) is 0 Å². The van der Waals surface area contributed by atoms with Crippen molar-refractivity contribution < 1.29 is 33.0 Å². The first-order chi connectivity index (χ1) is 59.0. The summed E-state index contributed by atoms with van der Waals surface area (Å²) >= 11 is 25.8. The van der Waals surface area contributed by atoms with Crippen molar-refractivity contribution in [2.75, 3.05) is 100 Å². The predicted octanol–water partition coefficient (Wildman–Crippen LogP) is 18.0. The molecule has 5 aliphatic heterocycles. The summed E-state index contributed by atoms with van der Waals surface area (Å²) in [6.07, 6.45) is 27.5. The summed E-state index contributed by atoms with van der Waals surface area (Å²) in [7, 11) is 0. The first-order valence-electron chi connectivity index (χ1n) is 42.6. The number of halogens is 5. The second kappa shape index (κ2) is 46.1. The van der Waals surface area contributed by atoms with E-state index in [1.807, 2.05) is 109 Å². The minimum absolute atomic E-state index is 0.0551. The van der Waals surface area contributed by atoms with Gasteiger partial charge in [-0.1, -0.05) is 101 Å². The molecule has 11 heterocycles. The van der Waals surface area contributed by atoms with E-state index in [4.69, 9.17) is 61.6 Å². The van der Waals surface area contributed by atoms with Gasteiger partial charge in [-0.3, -0.25) is 49.1 Å². The van der Waals surface area contributed by atoms with Crippen molar-refractivity contribution in [1.29, 1.82) is 0 Å². The van der Waals surface area contributed by atoms with E-state index >= 15 is 0 Å². The van der Waals surface area contributed by atoms with Gasteiger partial charge in [0.2, 0.25) is 0 Å². The number of aromatic nitrogens is 6. The van der Waals surface area contributed by atoms with Gasteiger partial charge in [0.25, 0.3) is 0 Å². The molecule has 16 rings (SSSR count). The molecule has 634 valence electrons. The molecule has 4 aromatic carbocycles. The van der Waals surface area contributed by atoms with E-state index < -0.39 is 0 Å². The zero-order valence-electron chi connectivity index (χ0n) is 68.5. The van der Waals surface area contributed by atoms with Gasteiger partial charge in [0.05, 0.1) is 32.9 Å². The topological polar surface area (TPSA) is 274 Å². The number of rotatable bonds is 28. The van der Waals surface area contributed by atoms with Gasteiger partial charge in [-0.15, -0.1) is 0 Å². The molecule has 0 radical (unpaired) electrons. The standard InChI is InChI=1S/C24H24ClFN4O.C24H25ClN4O.2C24H30ClN3O2/c25-23-15-30-21(10-24(31)18-4-2-6-27-13-18)9-22(23)17-3-1-5-20(8-17)29-12-16-7-19(26)14-28-11-16;25-23-16-29-21(12-24(30)19-6-3-9-27-15-19)11-22(23)18-5-1-7-20(10-18)28-14-17-4-2-8-26-13-17;25-23-15-28-21(12-24(29)19-6-2-8-26-14-19)11-22(23)18-5-1-7-20(10-18)27-13-17-4-3-9-30-16-17;25-23-15-28-21(13-24(29)18-4-5-19(26)10-18)12-22(23)17-2-1-3-20(11-17)27-14-16-6-8-30-9-7-16/h1,3,5,7-9,11,14-15,18,27,29H,2,4,6,10,12-13H2;1-2,4-5,7-8,10-11,13,16,19,27-28H,3,6,9,12,14-15H2;1,5,7,10-11,15,17,19,26-27H,2-4,6,8-9,12-14,16H2;1-3,11-12,15-16,18-19,27H,4-10,13-14,26H2/t18-;19-;17?,19-;18-,19+/m1101/s1. The third-order valence-corrected chi connectivity index (χ3v) is 24.4. The first kappa shape index (κ1) is 89.3. The number of carbonyl (C=O) groups is 4. The summed E-state index contributed by atoms with van der Waals surface area (Å²) in [6, 6.07) is 45.8. The van der Waals surface area contributed by atoms with Gasteiger partial charge in [0, 0.05) is 232 Å². The molecule has 0 amide bonds. The van der Waals surface area contributed by atoms with Gasteiger partial charge in [0.1, 0.15) is 29.0 Å². The van der Waals surface area contributed by atoms with Crippen molar-refractivity contribution in [3.8, 4) is 44.5 Å². The molecule has 6 fully saturated rings. The number of carbonyl (C=O) groups excluding carboxylic acids is 4. The Morgan fingerprint density at radius 1 is 0.405 bits per heavy atom. The number of hydrogen-bond acceptors (Lipinski definition) is 20. The molecule has 1 saturated carbocycles. The van der Waals surface area contributed by atoms with Crippen LogP contribution in [0.5, 0.6) is 0 Å². The van der Waals surface area contributed by atoms with Gasteiger partial charge in [0.15, 0.2) is 0 Å². The molecule has 5 saturated heterocycles. The van der Waals surface area contributed by atoms with Gasteiger partial charge in [-0.05, 0) is 233 Å². The highest BCUT2D eigenvalue weighted by molar-refractivity contribution is 6.34. The normalized spacial score (nSPS) is 19.1. The number of hydrogen-bond donors (Lipinski definition) is 8. The number of ketones is 4. The van der Waals surface area contributed by atoms with Crippen LogP contribution in [0.15, 0.2) is 189 Å². The first-order valence-corrected chi connectivity index (χ1v) is 44.1. The maximum absolute atomic E-state index is 13.3. The summed E-state index contributed by atoms with van der Waals surface area (Å²) in [5.41, 5.74) is 22.4. The molecular weight excluding hydrogens is 1610 g/mol. The van der Waals surface area contributed by atoms with Crippen LogP contribution in [-0.2, 0) is 67.4 Å². The predicted molar refractivity (Wildman–Crippen MR) is 483 cm³/mol. The molecule has 20 nitrogen and oxygen atoms in total. The summed E-state index contributed by atoms with van der Waals surface area (Å²) in [5.74, 6) is 2.09. The molecular formula is C96H109Cl4FN14O6. The molecule has 6 atom stereocenters. The molecule has 1 aliphatic carbocycles. The van der Waals surface area contributed by atoms with Crippen molar-refractivity contribution in [3.05, 3.63) is 249 Å². The number of nitrogens with one attached hydrogen (secondary N) is 7. The Hall–Kier alpha value is -9.49. The van der Waals surface area contributed by atoms with E-state index in [2.05, 4.69) is 97.5 Å². The highest BCUT2D eigenvalue weighted by atomic mass is 35.5. The number of ether oxygens (including phenoxy) is 2. The van der Waals surface area contributed by atoms with Gasteiger partial charge in [-0.2, -0.15) is 0 Å². The SMILES string of the molecule is N[C@H]1CC[C@@H](C(=O)Cc2cc(-c3cccc(NCC4CCOCC4)c3)c(Cl)cn2)C1.O=C(Cc1cc(-c2cccc(NCC3CCCOC3)c2)c(Cl)cn1)[C@H]1CCCNC1.O=C(Cc1cc(-c2cccc(NCc3cccnc3)c2)c(Cl)cn1)[C@@H]1CCCNC1.O=C(Cc1cc(-c2cccc(NCc3cncc(F)c3)c2)c(Cl)cn1)[C@@H]1CCCNC1. The van der Waals surface area contributed by atoms with E-state index in [9.17, 15) is 23.6 Å². The number of nitrogens with zero attached hydrogens (tertiary/aromatic N) is 6. The summed E-state index contributed by atoms with van der Waals surface area (Å²) in [6.45, 7) is 11.7. The number of piperidine rings is 3. The quantitative estimate of drug-likeness (QED) is 0.0226. The zero-order valence-corrected chi connectivity index (χ0v) is 71.5. The lowest BCUT2D eigenvalue weighted by atomic mass is 9.92. The Labute approximate surface area is 729 Å². The van der Waals surface area contributed by atoms with Gasteiger partial charge >= 0.3 is 0 Å². The van der Waals surface area contributed by atoms with Crippen molar-refractivity contribution in [3.63, 3.8) is 0 Å². The molecule has 9 N–H and O–H groups in total. The Bertz CT molecular complexity index is 4930. The third kappa shape index (κ3) is 27.5. The summed E-state index contributed by atoms with van der Waals surface area (Å²) in [5, 5.41) is 26.0. The van der Waals surface area contributed by atoms with Crippen LogP contribution < -0.4 is 43.0 Å². The summed E-state index contributed by atoms with van der Waals surface area (Å²) < 4.78 is 24.3. The molecule has 6 aliphatic rings. The Balaban J connectivity index is 0.000000139. The molecule has 10 aromatic rings. The van der Waals surface area contributed by atoms with Gasteiger partial charge < -0.3 is 52.4 Å². The number of benzene rings is 4. The van der Waals surface area contributed by atoms with E-state index in [-0.39, 0.29) is 58.7 Å². The van der Waals surface area contributed by atoms with Crippen molar-refractivity contribution in [2.24, 2.45) is 41.2 Å². The Morgan fingerprint density at radius 3 is 1.20 bits per heavy atom. The van der Waals surface area contributed by atoms with Crippen LogP contribution >= 0.6 is 46.4 Å². The lowest BCUT2D eigenvalue weighted by molar-refractivity contribution is -0.123. The Morgan fingerprint density at radius 2 is 0.818 bits per heavy atom. The maximum Gasteiger partial charge on any atom is 0.143 e. The molecule has 1 unspecified atom stereocenters. The van der Waals surface area contributed by atoms with Crippen LogP contribution in [0.2, 0.25) is 20.1 Å². The van der Waals surface area contributed by atoms with E-state index in [1.165, 1.54) is 18.7 Å². The van der Waals surface area contributed by atoms with Crippen molar-refractivity contribution in [2.45, 2.75) is 128 Å². The molecule has 25 heteroatoms. The number of anilines is 4. The van der Waals surface area contributed by atoms with E-state index in [0.717, 1.165) is 257 Å². The fraction of sp³-hybridized carbons (Fsp3) is 0.396. The summed E-state index contributed by atoms with van der Waals surface area (Å²) in [4.78, 5) is 76.2. The second-order valence-electron chi connectivity index (χ2n) is 32.4. The Kier molecular flexibility index (Phi) is 34.0. The lowest BCUT2D eigenvalue weighted by Crippen LogP contribution is -2.35. The highest BCUT2D eigenvalue weighted by Gasteiger charge is 2.30. The molecule has 121 heavy (non-hydrogen) atoms. The minimum atomic E-state index is -0.359. The van der Waals surface area contributed by atoms with E-state index in [0.29, 0.717) is 70.7 Å².